The highest BCUT2D eigenvalue weighted by atomic mass is 28.3. The maximum Gasteiger partial charge on any atom is 0.534 e. The summed E-state index contributed by atoms with van der Waals surface area (Å²) in [5.41, 5.74) is -0.345. The Bertz CT molecular complexity index is 974. The topological polar surface area (TPSA) is 153 Å². The van der Waals surface area contributed by atoms with Crippen molar-refractivity contribution in [1.29, 1.82) is 0 Å². The summed E-state index contributed by atoms with van der Waals surface area (Å²) in [4.78, 5) is 51.5. The fourth-order valence-corrected chi connectivity index (χ4v) is 4.38. The summed E-state index contributed by atoms with van der Waals surface area (Å²) in [5.74, 6) is -0.952. The molecule has 2 radical (unpaired) electrons. The number of nitro benzene ring substituents is 1. The maximum atomic E-state index is 12.2. The minimum atomic E-state index is -1.35. The predicted molar refractivity (Wildman–Crippen MR) is 137 cm³/mol. The van der Waals surface area contributed by atoms with Gasteiger partial charge in [0.1, 0.15) is 6.10 Å². The minimum Gasteiger partial charge on any atom is -0.490 e. The molecule has 1 aromatic carbocycles. The van der Waals surface area contributed by atoms with Gasteiger partial charge in [-0.2, -0.15) is 0 Å². The standard InChI is InChI=1S/C23H34N2O11Si2/c1-16(35-23(28)36-24-21(26)8-9-22(24)27)17-14-19(31-10-6-12-33-37(2)3)20(15-18(17)25(29)30)32-11-7-13-34-38(4)5/h14-16H,6-13H2,1-5H3. The van der Waals surface area contributed by atoms with Crippen LogP contribution < -0.4 is 9.47 Å². The lowest BCUT2D eigenvalue weighted by Gasteiger charge is -2.19. The Morgan fingerprint density at radius 3 is 1.92 bits per heavy atom. The molecule has 38 heavy (non-hydrogen) atoms. The molecule has 1 unspecified atom stereocenters. The van der Waals surface area contributed by atoms with Crippen LogP contribution in [0.4, 0.5) is 10.5 Å². The van der Waals surface area contributed by atoms with E-state index in [-0.39, 0.29) is 48.8 Å². The average Bonchev–Trinajstić information content (AvgIpc) is 3.15. The third kappa shape index (κ3) is 10.0. The van der Waals surface area contributed by atoms with E-state index in [0.29, 0.717) is 31.1 Å². The molecule has 2 rings (SSSR count). The van der Waals surface area contributed by atoms with Crippen LogP contribution in [0.1, 0.15) is 44.3 Å². The monoisotopic (exact) mass is 570 g/mol. The number of ether oxygens (including phenoxy) is 3. The Kier molecular flexibility index (Phi) is 12.7. The molecule has 210 valence electrons. The number of hydrogen-bond acceptors (Lipinski definition) is 11. The van der Waals surface area contributed by atoms with E-state index in [1.807, 2.05) is 26.2 Å². The number of carbonyl (C=O) groups is 3. The van der Waals surface area contributed by atoms with E-state index in [9.17, 15) is 24.5 Å². The van der Waals surface area contributed by atoms with Crippen LogP contribution in [0.5, 0.6) is 11.5 Å². The van der Waals surface area contributed by atoms with Crippen LogP contribution in [0.25, 0.3) is 0 Å². The molecule has 0 spiro atoms. The second kappa shape index (κ2) is 15.4. The van der Waals surface area contributed by atoms with E-state index < -0.39 is 47.1 Å². The van der Waals surface area contributed by atoms with Gasteiger partial charge in [0.25, 0.3) is 17.5 Å². The van der Waals surface area contributed by atoms with Crippen molar-refractivity contribution in [3.8, 4) is 11.5 Å². The van der Waals surface area contributed by atoms with Crippen molar-refractivity contribution in [3.05, 3.63) is 27.8 Å². The average molecular weight is 571 g/mol. The molecule has 0 N–H and O–H groups in total. The van der Waals surface area contributed by atoms with Crippen molar-refractivity contribution >= 4 is 41.7 Å². The molecule has 0 bridgehead atoms. The van der Waals surface area contributed by atoms with E-state index in [2.05, 4.69) is 0 Å². The van der Waals surface area contributed by atoms with Gasteiger partial charge in [0.15, 0.2) is 11.5 Å². The number of rotatable bonds is 16. The lowest BCUT2D eigenvalue weighted by atomic mass is 10.1. The highest BCUT2D eigenvalue weighted by Gasteiger charge is 2.34. The highest BCUT2D eigenvalue weighted by molar-refractivity contribution is 6.48. The number of nitrogens with zero attached hydrogens (tertiary/aromatic N) is 2. The highest BCUT2D eigenvalue weighted by Crippen LogP contribution is 2.39. The van der Waals surface area contributed by atoms with E-state index in [1.54, 1.807) is 0 Å². The normalized spacial score (nSPS) is 14.2. The molecule has 0 aromatic heterocycles. The summed E-state index contributed by atoms with van der Waals surface area (Å²) in [6, 6.07) is 2.60. The van der Waals surface area contributed by atoms with Crippen molar-refractivity contribution in [1.82, 2.24) is 5.06 Å². The van der Waals surface area contributed by atoms with Crippen LogP contribution in [-0.4, -0.2) is 72.5 Å². The zero-order chi connectivity index (χ0) is 28.2. The molecule has 15 heteroatoms. The van der Waals surface area contributed by atoms with Crippen molar-refractivity contribution in [3.63, 3.8) is 0 Å². The molecule has 1 aliphatic heterocycles. The molecule has 2 amide bonds. The van der Waals surface area contributed by atoms with Gasteiger partial charge < -0.3 is 23.1 Å². The third-order valence-electron chi connectivity index (χ3n) is 5.05. The lowest BCUT2D eigenvalue weighted by molar-refractivity contribution is -0.386. The Morgan fingerprint density at radius 1 is 0.947 bits per heavy atom. The van der Waals surface area contributed by atoms with E-state index in [1.165, 1.54) is 19.1 Å². The number of hydroxylamine groups is 2. The molecule has 1 heterocycles. The molecule has 1 fully saturated rings. The smallest absolute Gasteiger partial charge is 0.490 e. The van der Waals surface area contributed by atoms with Gasteiger partial charge in [0.2, 0.25) is 18.1 Å². The quantitative estimate of drug-likeness (QED) is 0.0709. The molecule has 1 atom stereocenters. The number of hydrogen-bond donors (Lipinski definition) is 0. The van der Waals surface area contributed by atoms with Gasteiger partial charge in [-0.3, -0.25) is 24.5 Å². The van der Waals surface area contributed by atoms with Crippen molar-refractivity contribution in [2.24, 2.45) is 0 Å². The molecule has 1 aliphatic rings. The number of nitro groups is 1. The first-order valence-electron chi connectivity index (χ1n) is 12.2. The summed E-state index contributed by atoms with van der Waals surface area (Å²) in [6.45, 7) is 11.0. The van der Waals surface area contributed by atoms with Crippen molar-refractivity contribution in [2.45, 2.75) is 64.9 Å². The Balaban J connectivity index is 2.19. The van der Waals surface area contributed by atoms with E-state index >= 15 is 0 Å². The van der Waals surface area contributed by atoms with Gasteiger partial charge in [-0.1, -0.05) is 5.06 Å². The third-order valence-corrected chi connectivity index (χ3v) is 6.61. The predicted octanol–water partition coefficient (Wildman–Crippen LogP) is 3.95. The van der Waals surface area contributed by atoms with Crippen LogP contribution in [0, 0.1) is 10.1 Å². The Hall–Kier alpha value is -3.02. The van der Waals surface area contributed by atoms with Gasteiger partial charge in [0.05, 0.1) is 29.8 Å². The summed E-state index contributed by atoms with van der Waals surface area (Å²) in [7, 11) is -1.68. The van der Waals surface area contributed by atoms with Gasteiger partial charge in [0, 0.05) is 38.9 Å². The molecular weight excluding hydrogens is 536 g/mol. The fraction of sp³-hybridized carbons (Fsp3) is 0.609. The molecular formula is C23H34N2O11Si2. The summed E-state index contributed by atoms with van der Waals surface area (Å²) < 4.78 is 28.0. The molecule has 13 nitrogen and oxygen atoms in total. The van der Waals surface area contributed by atoms with Crippen molar-refractivity contribution in [2.75, 3.05) is 26.4 Å². The van der Waals surface area contributed by atoms with Crippen LogP contribution in [-0.2, 0) is 28.0 Å². The number of carbonyl (C=O) groups excluding carboxylic acids is 3. The van der Waals surface area contributed by atoms with E-state index in [0.717, 1.165) is 0 Å². The van der Waals surface area contributed by atoms with E-state index in [4.69, 9.17) is 27.9 Å². The van der Waals surface area contributed by atoms with Crippen molar-refractivity contribution < 1.29 is 47.2 Å². The molecule has 1 aromatic rings. The first kappa shape index (κ1) is 31.2. The zero-order valence-electron chi connectivity index (χ0n) is 22.3. The first-order valence-corrected chi connectivity index (χ1v) is 17.0. The Morgan fingerprint density at radius 2 is 1.45 bits per heavy atom. The number of amides is 2. The molecule has 0 saturated carbocycles. The fourth-order valence-electron chi connectivity index (χ4n) is 3.27. The van der Waals surface area contributed by atoms with Gasteiger partial charge >= 0.3 is 6.16 Å². The zero-order valence-corrected chi connectivity index (χ0v) is 24.3. The second-order valence-electron chi connectivity index (χ2n) is 8.72. The maximum absolute atomic E-state index is 12.2. The first-order chi connectivity index (χ1) is 18.0. The van der Waals surface area contributed by atoms with Gasteiger partial charge in [-0.15, -0.1) is 0 Å². The molecule has 0 aliphatic carbocycles. The summed E-state index contributed by atoms with van der Waals surface area (Å²) in [6.07, 6.45) is -1.52. The summed E-state index contributed by atoms with van der Waals surface area (Å²) in [5, 5.41) is 12.2. The van der Waals surface area contributed by atoms with Gasteiger partial charge in [-0.05, 0) is 39.2 Å². The number of imide groups is 1. The van der Waals surface area contributed by atoms with Crippen LogP contribution >= 0.6 is 0 Å². The SMILES string of the molecule is CC(OC(=O)ON1C(=O)CCC1=O)c1cc(OCCCO[Si](C)C)c(OCCCO[Si](C)C)cc1[N+](=O)[O-]. The Labute approximate surface area is 224 Å². The van der Waals surface area contributed by atoms with Gasteiger partial charge in [-0.25, -0.2) is 4.79 Å². The minimum absolute atomic E-state index is 0.0183. The lowest BCUT2D eigenvalue weighted by Crippen LogP contribution is -2.32. The largest absolute Gasteiger partial charge is 0.534 e. The van der Waals surface area contributed by atoms with Crippen LogP contribution in [0.3, 0.4) is 0 Å². The van der Waals surface area contributed by atoms with Crippen LogP contribution in [0.15, 0.2) is 12.1 Å². The van der Waals surface area contributed by atoms with Crippen LogP contribution in [0.2, 0.25) is 26.2 Å². The number of benzene rings is 1. The molecule has 1 saturated heterocycles. The second-order valence-corrected chi connectivity index (χ2v) is 12.9. The summed E-state index contributed by atoms with van der Waals surface area (Å²) >= 11 is 0.